The molecule has 0 radical (unpaired) electrons. The quantitative estimate of drug-likeness (QED) is 0.671. The average Bonchev–Trinajstić information content (AvgIpc) is 2.67. The summed E-state index contributed by atoms with van der Waals surface area (Å²) in [5.41, 5.74) is 5.18. The fourth-order valence-corrected chi connectivity index (χ4v) is 4.22. The molecule has 0 aromatic heterocycles. The number of ether oxygens (including phenoxy) is 1. The van der Waals surface area contributed by atoms with Crippen LogP contribution in [0.3, 0.4) is 0 Å². The SMILES string of the molecule is CC(=O)N1c2ccc(-c3ccc(CN(C)C)cc3)cc2[C@H](NC(=O)OC(C)C)C[C@@H]1C.Cl. The maximum Gasteiger partial charge on any atom is 0.407 e. The predicted molar refractivity (Wildman–Crippen MR) is 131 cm³/mol. The summed E-state index contributed by atoms with van der Waals surface area (Å²) < 4.78 is 5.30. The number of nitrogens with zero attached hydrogens (tertiary/aromatic N) is 2. The van der Waals surface area contributed by atoms with Gasteiger partial charge in [0.25, 0.3) is 0 Å². The Hall–Kier alpha value is -2.57. The van der Waals surface area contributed by atoms with E-state index in [1.54, 1.807) is 6.92 Å². The number of hydrogen-bond donors (Lipinski definition) is 1. The van der Waals surface area contributed by atoms with Crippen molar-refractivity contribution in [2.75, 3.05) is 19.0 Å². The number of halogens is 1. The lowest BCUT2D eigenvalue weighted by Gasteiger charge is -2.39. The molecule has 3 rings (SSSR count). The van der Waals surface area contributed by atoms with E-state index in [-0.39, 0.29) is 36.5 Å². The topological polar surface area (TPSA) is 61.9 Å². The standard InChI is InChI=1S/C25H33N3O3.ClH/c1-16(2)31-25(30)26-23-13-17(3)28(18(4)29)24-12-11-21(14-22(23)24)20-9-7-19(8-10-20)15-27(5)6;/h7-12,14,16-17,23H,13,15H2,1-6H3,(H,26,30);1H/t17-,23+;/m0./s1. The van der Waals surface area contributed by atoms with Crippen LogP contribution >= 0.6 is 12.4 Å². The Kier molecular flexibility index (Phi) is 8.70. The largest absolute Gasteiger partial charge is 0.447 e. The molecule has 0 aliphatic carbocycles. The summed E-state index contributed by atoms with van der Waals surface area (Å²) in [5, 5.41) is 3.00. The van der Waals surface area contributed by atoms with E-state index in [4.69, 9.17) is 4.74 Å². The lowest BCUT2D eigenvalue weighted by molar-refractivity contribution is -0.117. The summed E-state index contributed by atoms with van der Waals surface area (Å²) in [5.74, 6) is -0.00209. The third-order valence-corrected chi connectivity index (χ3v) is 5.44. The molecule has 32 heavy (non-hydrogen) atoms. The van der Waals surface area contributed by atoms with E-state index in [0.29, 0.717) is 6.42 Å². The van der Waals surface area contributed by atoms with Gasteiger partial charge in [-0.25, -0.2) is 4.79 Å². The van der Waals surface area contributed by atoms with Gasteiger partial charge in [0.1, 0.15) is 0 Å². The van der Waals surface area contributed by atoms with Crippen LogP contribution in [0.2, 0.25) is 0 Å². The number of rotatable bonds is 5. The first-order valence-corrected chi connectivity index (χ1v) is 10.8. The number of carbonyl (C=O) groups excluding carboxylic acids is 2. The summed E-state index contributed by atoms with van der Waals surface area (Å²) in [7, 11) is 4.10. The Balaban J connectivity index is 0.00000363. The van der Waals surface area contributed by atoms with Gasteiger partial charge in [-0.05, 0) is 75.7 Å². The van der Waals surface area contributed by atoms with E-state index in [0.717, 1.165) is 28.9 Å². The lowest BCUT2D eigenvalue weighted by atomic mass is 9.89. The molecule has 1 aliphatic rings. The van der Waals surface area contributed by atoms with E-state index in [9.17, 15) is 9.59 Å². The van der Waals surface area contributed by atoms with Crippen molar-refractivity contribution in [1.82, 2.24) is 10.2 Å². The van der Waals surface area contributed by atoms with Crippen molar-refractivity contribution in [3.63, 3.8) is 0 Å². The minimum atomic E-state index is -0.437. The molecule has 2 amide bonds. The van der Waals surface area contributed by atoms with E-state index in [2.05, 4.69) is 54.6 Å². The molecule has 0 fully saturated rings. The molecule has 0 spiro atoms. The van der Waals surface area contributed by atoms with Gasteiger partial charge < -0.3 is 19.9 Å². The van der Waals surface area contributed by atoms with Crippen LogP contribution < -0.4 is 10.2 Å². The second-order valence-corrected chi connectivity index (χ2v) is 8.83. The number of fused-ring (bicyclic) bond motifs is 1. The number of carbonyl (C=O) groups is 2. The Labute approximate surface area is 197 Å². The zero-order valence-corrected chi connectivity index (χ0v) is 20.5. The molecule has 2 atom stereocenters. The molecule has 1 aliphatic heterocycles. The van der Waals surface area contributed by atoms with Crippen molar-refractivity contribution < 1.29 is 14.3 Å². The van der Waals surface area contributed by atoms with Crippen molar-refractivity contribution in [2.24, 2.45) is 0 Å². The summed E-state index contributed by atoms with van der Waals surface area (Å²) in [6.45, 7) is 8.13. The van der Waals surface area contributed by atoms with Gasteiger partial charge in [-0.15, -0.1) is 12.4 Å². The maximum atomic E-state index is 12.3. The van der Waals surface area contributed by atoms with Crippen LogP contribution in [-0.2, 0) is 16.1 Å². The predicted octanol–water partition coefficient (Wildman–Crippen LogP) is 5.16. The Morgan fingerprint density at radius 2 is 1.75 bits per heavy atom. The molecule has 2 aromatic carbocycles. The van der Waals surface area contributed by atoms with E-state index >= 15 is 0 Å². The fraction of sp³-hybridized carbons (Fsp3) is 0.440. The van der Waals surface area contributed by atoms with Crippen LogP contribution in [0.25, 0.3) is 11.1 Å². The third-order valence-electron chi connectivity index (χ3n) is 5.44. The molecule has 0 saturated carbocycles. The van der Waals surface area contributed by atoms with Crippen LogP contribution in [0.4, 0.5) is 10.5 Å². The van der Waals surface area contributed by atoms with Crippen molar-refractivity contribution in [1.29, 1.82) is 0 Å². The number of anilines is 1. The third kappa shape index (κ3) is 6.02. The van der Waals surface area contributed by atoms with Crippen molar-refractivity contribution in [3.05, 3.63) is 53.6 Å². The summed E-state index contributed by atoms with van der Waals surface area (Å²) >= 11 is 0. The number of hydrogen-bond acceptors (Lipinski definition) is 4. The Bertz CT molecular complexity index is 944. The van der Waals surface area contributed by atoms with Gasteiger partial charge in [0, 0.05) is 25.2 Å². The normalized spacial score (nSPS) is 17.6. The molecule has 7 heteroatoms. The van der Waals surface area contributed by atoms with Crippen LogP contribution in [0, 0.1) is 0 Å². The molecule has 0 bridgehead atoms. The first kappa shape index (κ1) is 25.7. The van der Waals surface area contributed by atoms with Crippen LogP contribution in [0.1, 0.15) is 51.3 Å². The fourth-order valence-electron chi connectivity index (χ4n) is 4.22. The average molecular weight is 460 g/mol. The number of nitrogens with one attached hydrogen (secondary N) is 1. The zero-order chi connectivity index (χ0) is 22.7. The van der Waals surface area contributed by atoms with Gasteiger partial charge in [-0.2, -0.15) is 0 Å². The van der Waals surface area contributed by atoms with Crippen LogP contribution in [-0.4, -0.2) is 43.1 Å². The molecule has 6 nitrogen and oxygen atoms in total. The highest BCUT2D eigenvalue weighted by molar-refractivity contribution is 5.94. The smallest absolute Gasteiger partial charge is 0.407 e. The number of amides is 2. The van der Waals surface area contributed by atoms with Crippen molar-refractivity contribution in [3.8, 4) is 11.1 Å². The zero-order valence-electron chi connectivity index (χ0n) is 19.7. The summed E-state index contributed by atoms with van der Waals surface area (Å²) in [6, 6.07) is 14.4. The second-order valence-electron chi connectivity index (χ2n) is 8.83. The molecular weight excluding hydrogens is 426 g/mol. The molecule has 174 valence electrons. The van der Waals surface area contributed by atoms with Gasteiger partial charge >= 0.3 is 6.09 Å². The van der Waals surface area contributed by atoms with E-state index < -0.39 is 6.09 Å². The number of alkyl carbamates (subject to hydrolysis) is 1. The van der Waals surface area contributed by atoms with Gasteiger partial charge in [-0.3, -0.25) is 4.79 Å². The summed E-state index contributed by atoms with van der Waals surface area (Å²) in [4.78, 5) is 28.6. The lowest BCUT2D eigenvalue weighted by Crippen LogP contribution is -2.45. The highest BCUT2D eigenvalue weighted by atomic mass is 35.5. The van der Waals surface area contributed by atoms with Crippen LogP contribution in [0.5, 0.6) is 0 Å². The maximum absolute atomic E-state index is 12.3. The summed E-state index contributed by atoms with van der Waals surface area (Å²) in [6.07, 6.45) is -0.000517. The minimum absolute atomic E-state index is 0. The van der Waals surface area contributed by atoms with Gasteiger partial charge in [0.15, 0.2) is 0 Å². The molecule has 1 heterocycles. The Morgan fingerprint density at radius 3 is 2.31 bits per heavy atom. The molecular formula is C25H34ClN3O3. The molecule has 2 aromatic rings. The van der Waals surface area contributed by atoms with Crippen molar-refractivity contribution in [2.45, 2.75) is 58.8 Å². The van der Waals surface area contributed by atoms with Gasteiger partial charge in [0.05, 0.1) is 12.1 Å². The van der Waals surface area contributed by atoms with E-state index in [1.165, 1.54) is 5.56 Å². The van der Waals surface area contributed by atoms with E-state index in [1.807, 2.05) is 37.8 Å². The van der Waals surface area contributed by atoms with Gasteiger partial charge in [0.2, 0.25) is 5.91 Å². The minimum Gasteiger partial charge on any atom is -0.447 e. The molecule has 1 N–H and O–H groups in total. The Morgan fingerprint density at radius 1 is 1.12 bits per heavy atom. The molecule has 0 saturated heterocycles. The highest BCUT2D eigenvalue weighted by Gasteiger charge is 2.33. The van der Waals surface area contributed by atoms with Crippen LogP contribution in [0.15, 0.2) is 42.5 Å². The highest BCUT2D eigenvalue weighted by Crippen LogP contribution is 2.39. The first-order valence-electron chi connectivity index (χ1n) is 10.8. The van der Waals surface area contributed by atoms with Gasteiger partial charge in [-0.1, -0.05) is 30.3 Å². The second kappa shape index (κ2) is 10.8. The number of benzene rings is 2. The molecule has 0 unspecified atom stereocenters. The monoisotopic (exact) mass is 459 g/mol. The first-order chi connectivity index (χ1) is 14.7. The van der Waals surface area contributed by atoms with Crippen molar-refractivity contribution >= 4 is 30.1 Å².